The number of unbranched alkanes of at least 4 members (excludes halogenated alkanes) is 2. The fraction of sp³-hybridized carbons (Fsp3) is 0.508. The van der Waals surface area contributed by atoms with Crippen LogP contribution in [-0.4, -0.2) is 230 Å². The number of carbonyl (C=O) groups is 7. The molecule has 7 amide bonds. The van der Waals surface area contributed by atoms with Crippen LogP contribution in [0.2, 0.25) is 0 Å². The summed E-state index contributed by atoms with van der Waals surface area (Å²) in [7, 11) is 5.52. The normalized spacial score (nSPS) is 26.7. The van der Waals surface area contributed by atoms with Crippen molar-refractivity contribution in [2.45, 2.75) is 145 Å². The highest BCUT2D eigenvalue weighted by Gasteiger charge is 2.50. The second-order valence-electron chi connectivity index (χ2n) is 24.1. The van der Waals surface area contributed by atoms with Crippen molar-refractivity contribution in [3.8, 4) is 33.8 Å². The lowest BCUT2D eigenvalue weighted by molar-refractivity contribution is -0.870. The summed E-state index contributed by atoms with van der Waals surface area (Å²) in [4.78, 5) is 104. The molecule has 0 radical (unpaired) electrons. The molecule has 478 valence electrons. The lowest BCUT2D eigenvalue weighted by Crippen LogP contribution is -2.64. The van der Waals surface area contributed by atoms with Crippen molar-refractivity contribution in [2.75, 3.05) is 54.0 Å². The van der Waals surface area contributed by atoms with Crippen LogP contribution in [0, 0.1) is 5.92 Å². The summed E-state index contributed by atoms with van der Waals surface area (Å²) in [5.74, 6) is -8.24. The molecule has 3 saturated heterocycles. The number of hydrogen-bond acceptors (Lipinski definition) is 17. The molecule has 4 aromatic rings. The number of amides is 7. The number of nitrogens with one attached hydrogen (secondary N) is 5. The van der Waals surface area contributed by atoms with Gasteiger partial charge in [-0.15, -0.1) is 0 Å². The maximum absolute atomic E-state index is 14.8. The van der Waals surface area contributed by atoms with Crippen LogP contribution < -0.4 is 31.3 Å². The van der Waals surface area contributed by atoms with Gasteiger partial charge in [0.2, 0.25) is 35.4 Å². The largest absolute Gasteiger partial charge is 0.508 e. The van der Waals surface area contributed by atoms with Crippen molar-refractivity contribution < 1.29 is 88.4 Å². The molecule has 0 bridgehead atoms. The van der Waals surface area contributed by atoms with Gasteiger partial charge in [-0.25, -0.2) is 0 Å². The predicted molar refractivity (Wildman–Crippen MR) is 320 cm³/mol. The van der Waals surface area contributed by atoms with Gasteiger partial charge in [-0.1, -0.05) is 87.4 Å². The van der Waals surface area contributed by atoms with Crippen LogP contribution in [0.5, 0.6) is 11.5 Å². The maximum atomic E-state index is 14.8. The molecule has 15 atom stereocenters. The van der Waals surface area contributed by atoms with Crippen LogP contribution in [0.3, 0.4) is 0 Å². The van der Waals surface area contributed by atoms with E-state index in [1.54, 1.807) is 12.1 Å². The number of nitrogens with zero attached hydrogens (tertiary/aromatic N) is 3. The van der Waals surface area contributed by atoms with Crippen molar-refractivity contribution >= 4 is 41.4 Å². The Morgan fingerprint density at radius 2 is 1.18 bits per heavy atom. The van der Waals surface area contributed by atoms with Crippen molar-refractivity contribution in [2.24, 2.45) is 5.92 Å². The number of phenols is 1. The Hall–Kier alpha value is -7.59. The molecule has 0 spiro atoms. The molecule has 3 fully saturated rings. The fourth-order valence-corrected chi connectivity index (χ4v) is 10.8. The Morgan fingerprint density at radius 3 is 1.74 bits per heavy atom. The van der Waals surface area contributed by atoms with Gasteiger partial charge in [0, 0.05) is 37.4 Å². The zero-order chi connectivity index (χ0) is 64.3. The first-order valence-electron chi connectivity index (χ1n) is 29.7. The molecule has 4 aromatic carbocycles. The molecule has 0 aliphatic carbocycles. The van der Waals surface area contributed by atoms with Crippen LogP contribution in [0.15, 0.2) is 97.1 Å². The zero-order valence-electron chi connectivity index (χ0n) is 50.6. The van der Waals surface area contributed by atoms with E-state index in [-0.39, 0.29) is 36.6 Å². The number of fused-ring (bicyclic) bond motifs is 2. The molecular formula is C63H85N8O17+. The van der Waals surface area contributed by atoms with E-state index in [0.29, 0.717) is 11.1 Å². The number of rotatable bonds is 18. The Kier molecular flexibility index (Phi) is 23.2. The number of phenolic OH excluding ortho intramolecular Hbond substituents is 1. The average Bonchev–Trinajstić information content (AvgIpc) is 2.08. The first-order valence-corrected chi connectivity index (χ1v) is 29.7. The molecule has 0 saturated carbocycles. The zero-order valence-corrected chi connectivity index (χ0v) is 50.6. The number of benzene rings is 4. The molecule has 88 heavy (non-hydrogen) atoms. The van der Waals surface area contributed by atoms with E-state index in [9.17, 15) is 74.4 Å². The Morgan fingerprint density at radius 1 is 0.648 bits per heavy atom. The summed E-state index contributed by atoms with van der Waals surface area (Å²) in [6, 6.07) is 15.3. The number of aromatic hydroxyl groups is 1. The van der Waals surface area contributed by atoms with E-state index < -0.39 is 152 Å². The highest BCUT2D eigenvalue weighted by atomic mass is 16.5. The highest BCUT2D eigenvalue weighted by Crippen LogP contribution is 2.30. The number of ether oxygens (including phenoxy) is 2. The van der Waals surface area contributed by atoms with Gasteiger partial charge in [0.05, 0.1) is 58.8 Å². The van der Waals surface area contributed by atoms with Crippen LogP contribution in [0.1, 0.15) is 81.8 Å². The minimum absolute atomic E-state index is 0.0470. The van der Waals surface area contributed by atoms with Crippen molar-refractivity contribution in [1.82, 2.24) is 36.4 Å². The summed E-state index contributed by atoms with van der Waals surface area (Å²) in [6.07, 6.45) is -12.6. The SMILES string of the molecule is CCCCCOc1ccc(-c2ccc(-c3ccc(C(=O)N[C@H]4C[C@@H](O)C(OCC[N+](C)(C)C)NC(=O)[C@@H]5[C@@H](O)[C@@H](C)CN5C(=O)[C@H]([C@@H](C)O)NC(=O)[C@H]([C@H](O)[C@@H](O)c5ccc(O)cc5)NC(=O)[C@@H]5C[C@@H](O)CN5C(=O)[C@H]([C@@H](C)O)NC4=O)cc3)cc2)cc1. The maximum Gasteiger partial charge on any atom is 0.251 e. The van der Waals surface area contributed by atoms with E-state index in [0.717, 1.165) is 70.9 Å². The molecule has 3 heterocycles. The van der Waals surface area contributed by atoms with E-state index in [1.807, 2.05) is 69.7 Å². The lowest BCUT2D eigenvalue weighted by Gasteiger charge is -2.34. The Bertz CT molecular complexity index is 3040. The third kappa shape index (κ3) is 17.2. The van der Waals surface area contributed by atoms with Gasteiger partial charge >= 0.3 is 0 Å². The smallest absolute Gasteiger partial charge is 0.251 e. The fourth-order valence-electron chi connectivity index (χ4n) is 10.8. The number of hydrogen-bond donors (Lipinski definition) is 13. The van der Waals surface area contributed by atoms with E-state index >= 15 is 0 Å². The molecule has 3 aliphatic heterocycles. The first kappa shape index (κ1) is 67.9. The second kappa shape index (κ2) is 30.1. The molecular weight excluding hydrogens is 1140 g/mol. The molecule has 1 unspecified atom stereocenters. The third-order valence-corrected chi connectivity index (χ3v) is 16.1. The van der Waals surface area contributed by atoms with Crippen molar-refractivity contribution in [1.29, 1.82) is 0 Å². The van der Waals surface area contributed by atoms with Crippen LogP contribution in [0.4, 0.5) is 0 Å². The number of aliphatic hydroxyl groups excluding tert-OH is 7. The first-order chi connectivity index (χ1) is 41.6. The molecule has 25 heteroatoms. The quantitative estimate of drug-likeness (QED) is 0.0453. The molecule has 7 rings (SSSR count). The van der Waals surface area contributed by atoms with E-state index in [2.05, 4.69) is 33.5 Å². The summed E-state index contributed by atoms with van der Waals surface area (Å²) in [6.45, 7) is 5.80. The lowest BCUT2D eigenvalue weighted by atomic mass is 9.96. The summed E-state index contributed by atoms with van der Waals surface area (Å²) in [5.41, 5.74) is 3.48. The van der Waals surface area contributed by atoms with Crippen molar-refractivity contribution in [3.63, 3.8) is 0 Å². The third-order valence-electron chi connectivity index (χ3n) is 16.1. The van der Waals surface area contributed by atoms with Gasteiger partial charge in [-0.2, -0.15) is 0 Å². The summed E-state index contributed by atoms with van der Waals surface area (Å²) in [5, 5.41) is 103. The Labute approximate surface area is 511 Å². The van der Waals surface area contributed by atoms with Gasteiger partial charge in [-0.3, -0.25) is 33.6 Å². The number of carbonyl (C=O) groups excluding carboxylic acids is 7. The predicted octanol–water partition coefficient (Wildman–Crippen LogP) is -0.197. The highest BCUT2D eigenvalue weighted by molar-refractivity contribution is 6.00. The minimum atomic E-state index is -2.29. The van der Waals surface area contributed by atoms with Gasteiger partial charge in [0.25, 0.3) is 5.91 Å². The number of aliphatic hydroxyl groups is 7. The number of quaternary nitrogens is 1. The van der Waals surface area contributed by atoms with Gasteiger partial charge in [-0.05, 0) is 84.5 Å². The molecule has 13 N–H and O–H groups in total. The second-order valence-corrected chi connectivity index (χ2v) is 24.1. The van der Waals surface area contributed by atoms with Crippen LogP contribution in [0.25, 0.3) is 22.3 Å². The number of likely N-dealkylation sites (N-methyl/N-ethyl adjacent to an activating group) is 1. The monoisotopic (exact) mass is 1230 g/mol. The van der Waals surface area contributed by atoms with Gasteiger partial charge in [0.1, 0.15) is 72.6 Å². The molecule has 0 aromatic heterocycles. The topological polar surface area (TPSA) is 366 Å². The molecule has 3 aliphatic rings. The summed E-state index contributed by atoms with van der Waals surface area (Å²) >= 11 is 0. The van der Waals surface area contributed by atoms with Gasteiger partial charge in [0.15, 0.2) is 6.23 Å². The molecule has 25 nitrogen and oxygen atoms in total. The van der Waals surface area contributed by atoms with E-state index in [4.69, 9.17) is 9.47 Å². The minimum Gasteiger partial charge on any atom is -0.508 e. The average molecular weight is 1230 g/mol. The standard InChI is InChI=1S/C63H84N8O17/c1-8-9-10-28-87-45-25-21-40(22-26-45)38-13-11-37(12-14-38)39-15-17-42(18-16-39)56(80)64-46-31-48(76)61(88-29-27-71(5,6)7)68-60(84)52-53(77)34(2)32-70(52)63(86)50(36(4)73)66-59(83)51(55(79)54(78)41-19-23-43(74)24-20-41)67-58(82)47-30-44(75)33-69(47)62(85)49(35(3)72)65-57(46)81/h11-26,34-36,44,46-55,61,72-73,75-79H,8-10,27-33H2,1-7H3,(H5-,64,65,66,67,68,74,80,81,82,83,84)/p+1/t34-,35+,36+,44+,46-,47-,48+,49-,50-,51-,52-,53-,54-,55-,61?/m0/s1. The van der Waals surface area contributed by atoms with Crippen LogP contribution in [-0.2, 0) is 33.5 Å². The van der Waals surface area contributed by atoms with Crippen molar-refractivity contribution in [3.05, 3.63) is 108 Å². The Balaban J connectivity index is 1.23. The van der Waals surface area contributed by atoms with E-state index in [1.165, 1.54) is 43.3 Å². The summed E-state index contributed by atoms with van der Waals surface area (Å²) < 4.78 is 12.3. The van der Waals surface area contributed by atoms with Gasteiger partial charge < -0.3 is 91.2 Å². The van der Waals surface area contributed by atoms with Crippen LogP contribution >= 0.6 is 0 Å².